The number of nitrogens with zero attached hydrogens (tertiary/aromatic N) is 1. The van der Waals surface area contributed by atoms with E-state index in [0.29, 0.717) is 33.1 Å². The molecule has 1 fully saturated rings. The van der Waals surface area contributed by atoms with E-state index in [1.807, 2.05) is 62.4 Å². The molecule has 30 heavy (non-hydrogen) atoms. The number of hydrogen-bond acceptors (Lipinski definition) is 4. The average Bonchev–Trinajstić information content (AvgIpc) is 3.28. The van der Waals surface area contributed by atoms with Crippen molar-refractivity contribution in [3.63, 3.8) is 0 Å². The van der Waals surface area contributed by atoms with Crippen molar-refractivity contribution in [2.24, 2.45) is 0 Å². The van der Waals surface area contributed by atoms with E-state index >= 15 is 0 Å². The van der Waals surface area contributed by atoms with Gasteiger partial charge in [0.15, 0.2) is 5.11 Å². The number of anilines is 1. The van der Waals surface area contributed by atoms with Crippen LogP contribution in [0.25, 0.3) is 6.08 Å². The molecule has 2 aromatic carbocycles. The van der Waals surface area contributed by atoms with Crippen molar-refractivity contribution in [2.45, 2.75) is 20.5 Å². The molecule has 1 amide bonds. The third-order valence-corrected chi connectivity index (χ3v) is 5.49. The van der Waals surface area contributed by atoms with Crippen LogP contribution in [0, 0.1) is 13.8 Å². The van der Waals surface area contributed by atoms with Gasteiger partial charge in [0.05, 0.1) is 5.69 Å². The van der Waals surface area contributed by atoms with Crippen LogP contribution in [0.15, 0.2) is 64.7 Å². The summed E-state index contributed by atoms with van der Waals surface area (Å²) >= 11 is 11.5. The monoisotopic (exact) mass is 438 g/mol. The molecule has 0 atom stereocenters. The lowest BCUT2D eigenvalue weighted by Crippen LogP contribution is -2.30. The van der Waals surface area contributed by atoms with Gasteiger partial charge in [0.2, 0.25) is 0 Å². The van der Waals surface area contributed by atoms with E-state index in [1.165, 1.54) is 4.90 Å². The number of hydrogen-bond donors (Lipinski definition) is 1. The fraction of sp³-hybridized carbons (Fsp3) is 0.130. The van der Waals surface area contributed by atoms with E-state index in [2.05, 4.69) is 5.32 Å². The van der Waals surface area contributed by atoms with Gasteiger partial charge in [0.25, 0.3) is 5.91 Å². The predicted molar refractivity (Wildman–Crippen MR) is 122 cm³/mol. The van der Waals surface area contributed by atoms with Gasteiger partial charge in [-0.25, -0.2) is 0 Å². The van der Waals surface area contributed by atoms with Gasteiger partial charge in [-0.15, -0.1) is 0 Å². The summed E-state index contributed by atoms with van der Waals surface area (Å²) in [6.45, 7) is 4.09. The summed E-state index contributed by atoms with van der Waals surface area (Å²) < 4.78 is 11.6. The van der Waals surface area contributed by atoms with Gasteiger partial charge in [-0.3, -0.25) is 9.69 Å². The van der Waals surface area contributed by atoms with Gasteiger partial charge in [0, 0.05) is 16.7 Å². The van der Waals surface area contributed by atoms with E-state index in [1.54, 1.807) is 12.1 Å². The molecule has 3 aromatic rings. The molecule has 1 aliphatic heterocycles. The Bertz CT molecular complexity index is 1170. The van der Waals surface area contributed by atoms with Gasteiger partial charge >= 0.3 is 0 Å². The molecule has 152 valence electrons. The number of nitrogens with one attached hydrogen (secondary N) is 1. The number of carbonyl (C=O) groups excluding carboxylic acids is 1. The van der Waals surface area contributed by atoms with Crippen molar-refractivity contribution in [1.29, 1.82) is 0 Å². The van der Waals surface area contributed by atoms with E-state index in [-0.39, 0.29) is 12.5 Å². The smallest absolute Gasteiger partial charge is 0.281 e. The Labute approximate surface area is 184 Å². The molecule has 5 nitrogen and oxygen atoms in total. The molecule has 0 unspecified atom stereocenters. The van der Waals surface area contributed by atoms with Crippen LogP contribution in [0.1, 0.15) is 22.6 Å². The van der Waals surface area contributed by atoms with Crippen LogP contribution in [-0.2, 0) is 11.4 Å². The average molecular weight is 439 g/mol. The van der Waals surface area contributed by atoms with Crippen molar-refractivity contribution in [3.05, 3.63) is 88.0 Å². The minimum Gasteiger partial charge on any atom is -0.485 e. The zero-order valence-corrected chi connectivity index (χ0v) is 18.0. The fourth-order valence-corrected chi connectivity index (χ4v) is 3.61. The summed E-state index contributed by atoms with van der Waals surface area (Å²) in [5, 5.41) is 3.96. The largest absolute Gasteiger partial charge is 0.485 e. The molecular formula is C23H19ClN2O3S. The third-order valence-electron chi connectivity index (χ3n) is 4.79. The maximum Gasteiger partial charge on any atom is 0.281 e. The Morgan fingerprint density at radius 1 is 1.13 bits per heavy atom. The Morgan fingerprint density at radius 2 is 1.93 bits per heavy atom. The van der Waals surface area contributed by atoms with Crippen LogP contribution in [0.5, 0.6) is 5.75 Å². The number of thiocarbonyl (C=S) groups is 1. The number of aryl methyl sites for hydroxylation is 1. The molecule has 0 spiro atoms. The minimum absolute atomic E-state index is 0.224. The second kappa shape index (κ2) is 8.34. The highest BCUT2D eigenvalue weighted by Gasteiger charge is 2.32. The van der Waals surface area contributed by atoms with Gasteiger partial charge in [-0.05, 0) is 62.0 Å². The Hall–Kier alpha value is -3.09. The van der Waals surface area contributed by atoms with E-state index in [4.69, 9.17) is 33.0 Å². The molecule has 1 N–H and O–H groups in total. The summed E-state index contributed by atoms with van der Waals surface area (Å²) in [7, 11) is 0. The predicted octanol–water partition coefficient (Wildman–Crippen LogP) is 5.39. The van der Waals surface area contributed by atoms with Crippen molar-refractivity contribution in [3.8, 4) is 5.75 Å². The quantitative estimate of drug-likeness (QED) is 0.427. The summed E-state index contributed by atoms with van der Waals surface area (Å²) in [4.78, 5) is 14.4. The van der Waals surface area contributed by atoms with Gasteiger partial charge in [-0.1, -0.05) is 35.9 Å². The van der Waals surface area contributed by atoms with Crippen molar-refractivity contribution >= 4 is 46.6 Å². The van der Waals surface area contributed by atoms with Crippen molar-refractivity contribution in [1.82, 2.24) is 5.32 Å². The van der Waals surface area contributed by atoms with Crippen molar-refractivity contribution < 1.29 is 13.9 Å². The highest BCUT2D eigenvalue weighted by Crippen LogP contribution is 2.27. The zero-order chi connectivity index (χ0) is 21.3. The number of amides is 1. The molecule has 0 bridgehead atoms. The van der Waals surface area contributed by atoms with Gasteiger partial charge < -0.3 is 14.5 Å². The van der Waals surface area contributed by atoms with Crippen LogP contribution >= 0.6 is 23.8 Å². The molecule has 2 heterocycles. The van der Waals surface area contributed by atoms with Crippen LogP contribution < -0.4 is 15.0 Å². The fourth-order valence-electron chi connectivity index (χ4n) is 3.15. The first kappa shape index (κ1) is 20.2. The van der Waals surface area contributed by atoms with Crippen LogP contribution in [0.4, 0.5) is 5.69 Å². The number of ether oxygens (including phenoxy) is 1. The van der Waals surface area contributed by atoms with Gasteiger partial charge in [0.1, 0.15) is 29.6 Å². The Kier molecular flexibility index (Phi) is 5.61. The van der Waals surface area contributed by atoms with E-state index < -0.39 is 0 Å². The molecule has 1 saturated heterocycles. The molecule has 1 aromatic heterocycles. The topological polar surface area (TPSA) is 54.7 Å². The maximum atomic E-state index is 12.9. The van der Waals surface area contributed by atoms with Crippen LogP contribution in [-0.4, -0.2) is 11.0 Å². The maximum absolute atomic E-state index is 12.9. The number of halogens is 1. The Balaban J connectivity index is 1.49. The molecule has 0 aliphatic carbocycles. The highest BCUT2D eigenvalue weighted by atomic mass is 35.5. The normalized spacial score (nSPS) is 15.0. The lowest BCUT2D eigenvalue weighted by atomic mass is 10.2. The lowest BCUT2D eigenvalue weighted by molar-refractivity contribution is -0.113. The second-order valence-corrected chi connectivity index (χ2v) is 7.66. The second-order valence-electron chi connectivity index (χ2n) is 6.87. The van der Waals surface area contributed by atoms with Crippen LogP contribution in [0.3, 0.4) is 0 Å². The molecule has 7 heteroatoms. The number of para-hydroxylation sites is 1. The van der Waals surface area contributed by atoms with Crippen molar-refractivity contribution in [2.75, 3.05) is 4.90 Å². The van der Waals surface area contributed by atoms with Crippen LogP contribution in [0.2, 0.25) is 5.02 Å². The summed E-state index contributed by atoms with van der Waals surface area (Å²) in [5.74, 6) is 1.63. The standard InChI is InChI=1S/C23H19ClN2O3S/c1-14-6-3-4-8-20(14)26-22(27)19(25-23(26)30)12-16-10-11-17(29-16)13-28-21-9-5-7-18(24)15(21)2/h3-12H,13H2,1-2H3,(H,25,30)/b19-12+. The van der Waals surface area contributed by atoms with Gasteiger partial charge in [-0.2, -0.15) is 0 Å². The lowest BCUT2D eigenvalue weighted by Gasteiger charge is -2.16. The number of furan rings is 1. The molecular weight excluding hydrogens is 420 g/mol. The SMILES string of the molecule is Cc1ccccc1N1C(=O)/C(=C\c2ccc(COc3cccc(Cl)c3C)o2)NC1=S. The molecule has 1 aliphatic rings. The summed E-state index contributed by atoms with van der Waals surface area (Å²) in [6, 6.07) is 16.7. The Morgan fingerprint density at radius 3 is 2.73 bits per heavy atom. The summed E-state index contributed by atoms with van der Waals surface area (Å²) in [6.07, 6.45) is 1.64. The number of carbonyl (C=O) groups is 1. The van der Waals surface area contributed by atoms with E-state index in [9.17, 15) is 4.79 Å². The highest BCUT2D eigenvalue weighted by molar-refractivity contribution is 7.80. The molecule has 0 saturated carbocycles. The number of rotatable bonds is 5. The number of benzene rings is 2. The molecule has 0 radical (unpaired) electrons. The molecule has 4 rings (SSSR count). The van der Waals surface area contributed by atoms with E-state index in [0.717, 1.165) is 16.8 Å². The third kappa shape index (κ3) is 3.97. The first-order valence-corrected chi connectivity index (χ1v) is 10.1. The summed E-state index contributed by atoms with van der Waals surface area (Å²) in [5.41, 5.74) is 2.95. The zero-order valence-electron chi connectivity index (χ0n) is 16.4. The minimum atomic E-state index is -0.224. The first-order chi connectivity index (χ1) is 14.4. The first-order valence-electron chi connectivity index (χ1n) is 9.33.